The van der Waals surface area contributed by atoms with Crippen LogP contribution in [0.15, 0.2) is 71.7 Å². The summed E-state index contributed by atoms with van der Waals surface area (Å²) < 4.78 is 49.1. The molecule has 18 heteroatoms. The Labute approximate surface area is 374 Å². The number of alkyl halides is 2. The Bertz CT molecular complexity index is 2620. The number of nitrogens with zero attached hydrogens (tertiary/aromatic N) is 6. The Morgan fingerprint density at radius 3 is 2.55 bits per heavy atom. The Hall–Kier alpha value is -6.11. The minimum Gasteiger partial charge on any atom is -0.444 e. The molecule has 65 heavy (non-hydrogen) atoms. The van der Waals surface area contributed by atoms with Gasteiger partial charge in [0.1, 0.15) is 23.8 Å². The number of rotatable bonds is 21. The van der Waals surface area contributed by atoms with Crippen LogP contribution >= 0.6 is 0 Å². The first-order chi connectivity index (χ1) is 31.8. The molecule has 3 amide bonds. The molecule has 1 saturated heterocycles. The van der Waals surface area contributed by atoms with Gasteiger partial charge >= 0.3 is 0 Å². The summed E-state index contributed by atoms with van der Waals surface area (Å²) >= 11 is 0. The number of imide groups is 1. The highest BCUT2D eigenvalue weighted by Crippen LogP contribution is 2.37. The van der Waals surface area contributed by atoms with E-state index in [9.17, 15) is 23.2 Å². The predicted octanol–water partition coefficient (Wildman–Crippen LogP) is 7.41. The first-order valence-corrected chi connectivity index (χ1v) is 22.7. The monoisotopic (exact) mass is 892 g/mol. The molecule has 6 heterocycles. The molecular weight excluding hydrogens is 839 g/mol. The van der Waals surface area contributed by atoms with E-state index in [0.29, 0.717) is 69.0 Å². The molecule has 9 rings (SSSR count). The van der Waals surface area contributed by atoms with Crippen molar-refractivity contribution >= 4 is 51.2 Å². The van der Waals surface area contributed by atoms with Crippen LogP contribution in [-0.2, 0) is 25.5 Å². The van der Waals surface area contributed by atoms with E-state index in [0.717, 1.165) is 79.1 Å². The number of oxazole rings is 1. The van der Waals surface area contributed by atoms with Crippen LogP contribution in [-0.4, -0.2) is 93.1 Å². The molecule has 4 N–H and O–H groups in total. The molecule has 0 spiro atoms. The second-order valence-corrected chi connectivity index (χ2v) is 17.2. The zero-order valence-corrected chi connectivity index (χ0v) is 36.1. The molecule has 6 aromatic rings. The zero-order chi connectivity index (χ0) is 44.7. The summed E-state index contributed by atoms with van der Waals surface area (Å²) in [5, 5.41) is 18.1. The van der Waals surface area contributed by atoms with E-state index >= 15 is 0 Å². The van der Waals surface area contributed by atoms with Crippen LogP contribution < -0.4 is 21.3 Å². The van der Waals surface area contributed by atoms with Gasteiger partial charge < -0.3 is 34.4 Å². The van der Waals surface area contributed by atoms with Crippen LogP contribution in [0.2, 0.25) is 0 Å². The topological polar surface area (TPSA) is 192 Å². The molecule has 0 radical (unpaired) electrons. The van der Waals surface area contributed by atoms with Crippen molar-refractivity contribution in [2.24, 2.45) is 11.8 Å². The van der Waals surface area contributed by atoms with Gasteiger partial charge in [0, 0.05) is 61.0 Å². The third-order valence-electron chi connectivity index (χ3n) is 12.6. The lowest BCUT2D eigenvalue weighted by Gasteiger charge is -2.28. The molecule has 342 valence electrons. The van der Waals surface area contributed by atoms with Crippen LogP contribution in [0.5, 0.6) is 0 Å². The normalized spacial score (nSPS) is 19.0. The van der Waals surface area contributed by atoms with Crippen molar-refractivity contribution in [1.29, 1.82) is 0 Å². The van der Waals surface area contributed by atoms with Crippen molar-refractivity contribution < 1.29 is 37.1 Å². The molecule has 3 aliphatic rings. The van der Waals surface area contributed by atoms with Gasteiger partial charge in [-0.3, -0.25) is 24.4 Å². The number of carbonyl (C=O) groups excluding carboxylic acids is 3. The third-order valence-corrected chi connectivity index (χ3v) is 12.6. The molecule has 5 aromatic heterocycles. The highest BCUT2D eigenvalue weighted by atomic mass is 19.3. The van der Waals surface area contributed by atoms with Crippen LogP contribution in [0.1, 0.15) is 98.0 Å². The number of nitrogens with one attached hydrogen (secondary N) is 4. The van der Waals surface area contributed by atoms with E-state index < -0.39 is 24.1 Å². The summed E-state index contributed by atoms with van der Waals surface area (Å²) in [5.41, 5.74) is 2.94. The van der Waals surface area contributed by atoms with Gasteiger partial charge in [-0.25, -0.2) is 23.7 Å². The number of anilines is 2. The third kappa shape index (κ3) is 10.6. The molecule has 2 saturated carbocycles. The molecule has 1 aromatic carbocycles. The number of carbonyl (C=O) groups is 3. The number of aromatic nitrogens is 6. The van der Waals surface area contributed by atoms with Crippen molar-refractivity contribution in [1.82, 2.24) is 39.9 Å². The van der Waals surface area contributed by atoms with Crippen molar-refractivity contribution in [3.63, 3.8) is 0 Å². The first-order valence-electron chi connectivity index (χ1n) is 22.7. The summed E-state index contributed by atoms with van der Waals surface area (Å²) in [7, 11) is 0. The smallest absolute Gasteiger partial charge is 0.284 e. The quantitative estimate of drug-likeness (QED) is 0.0414. The number of pyridine rings is 2. The fourth-order valence-electron chi connectivity index (χ4n) is 8.98. The Morgan fingerprint density at radius 2 is 1.74 bits per heavy atom. The number of ether oxygens (including phenoxy) is 2. The van der Waals surface area contributed by atoms with Gasteiger partial charge in [0.25, 0.3) is 12.3 Å². The lowest BCUT2D eigenvalue weighted by Crippen LogP contribution is -2.41. The van der Waals surface area contributed by atoms with Crippen molar-refractivity contribution in [3.8, 4) is 11.5 Å². The summed E-state index contributed by atoms with van der Waals surface area (Å²) in [4.78, 5) is 51.1. The fraction of sp³-hybridized carbons (Fsp3) is 0.468. The van der Waals surface area contributed by atoms with Crippen molar-refractivity contribution in [2.75, 3.05) is 56.7 Å². The van der Waals surface area contributed by atoms with E-state index in [-0.39, 0.29) is 35.1 Å². The van der Waals surface area contributed by atoms with Gasteiger partial charge in [0.2, 0.25) is 17.7 Å². The number of piperidine rings is 1. The average Bonchev–Trinajstić information content (AvgIpc) is 3.67. The number of halogens is 2. The van der Waals surface area contributed by atoms with Gasteiger partial charge in [-0.15, -0.1) is 0 Å². The molecule has 3 fully saturated rings. The van der Waals surface area contributed by atoms with Crippen LogP contribution in [0.4, 0.5) is 20.3 Å². The predicted molar refractivity (Wildman–Crippen MR) is 239 cm³/mol. The fourth-order valence-corrected chi connectivity index (χ4v) is 8.98. The van der Waals surface area contributed by atoms with Gasteiger partial charge in [-0.05, 0) is 112 Å². The average molecular weight is 893 g/mol. The molecular formula is C47H54F2N10O6. The lowest BCUT2D eigenvalue weighted by molar-refractivity contribution is -0.135. The number of amides is 3. The van der Waals surface area contributed by atoms with Gasteiger partial charge in [0.05, 0.1) is 37.1 Å². The minimum absolute atomic E-state index is 0.0309. The second kappa shape index (κ2) is 20.4. The standard InChI is InChI=1S/C47H54F2N10O6/c48-43(49)42-35(54-45(61)36-28-65-47(55-36)32-16-18-51-39(24-32)53-26-30-8-9-30)27-58(57-42)33-12-10-29(11-13-33)25-50-19-21-64-23-22-63-20-3-5-31-4-1-7-37-41(31)34-6-2-17-52-44(34)59(37)38-14-15-40(60)56-46(38)62/h1-2,4,6-7,16-18,24,27-30,33,38,43,50H,3,5,8-15,19-23,25-26H2,(H,51,53)(H,54,61)(H,56,60,62). The van der Waals surface area contributed by atoms with Gasteiger partial charge in [0.15, 0.2) is 11.4 Å². The Morgan fingerprint density at radius 1 is 0.923 bits per heavy atom. The number of hydrogen-bond acceptors (Lipinski definition) is 12. The van der Waals surface area contributed by atoms with E-state index in [1.807, 2.05) is 28.8 Å². The summed E-state index contributed by atoms with van der Waals surface area (Å²) in [6, 6.07) is 13.1. The SMILES string of the molecule is O=C1CCC(n2c3cccc(CCCOCCOCCNCC4CCC(n5cc(NC(=O)c6coc(-c7ccnc(NCC8CC8)c7)n6)c(C(F)F)n5)CC4)c3c3cccnc32)C(=O)N1. The van der Waals surface area contributed by atoms with Gasteiger partial charge in [-0.2, -0.15) is 5.10 Å². The maximum atomic E-state index is 14.1. The minimum atomic E-state index is -2.87. The van der Waals surface area contributed by atoms with Crippen molar-refractivity contribution in [2.45, 2.75) is 82.7 Å². The highest BCUT2D eigenvalue weighted by Gasteiger charge is 2.32. The van der Waals surface area contributed by atoms with E-state index in [4.69, 9.17) is 13.9 Å². The Balaban J connectivity index is 0.663. The van der Waals surface area contributed by atoms with Crippen LogP contribution in [0.3, 0.4) is 0 Å². The first kappa shape index (κ1) is 44.1. The molecule has 1 atom stereocenters. The number of hydrogen-bond donors (Lipinski definition) is 4. The molecule has 16 nitrogen and oxygen atoms in total. The molecule has 1 unspecified atom stereocenters. The number of fused-ring (bicyclic) bond motifs is 3. The lowest BCUT2D eigenvalue weighted by atomic mass is 9.86. The highest BCUT2D eigenvalue weighted by molar-refractivity contribution is 6.10. The van der Waals surface area contributed by atoms with Crippen LogP contribution in [0.25, 0.3) is 33.4 Å². The number of benzene rings is 1. The van der Waals surface area contributed by atoms with Crippen LogP contribution in [0, 0.1) is 11.8 Å². The van der Waals surface area contributed by atoms with E-state index in [1.165, 1.54) is 25.3 Å². The summed E-state index contributed by atoms with van der Waals surface area (Å²) in [5.74, 6) is 0.835. The largest absolute Gasteiger partial charge is 0.444 e. The second-order valence-electron chi connectivity index (χ2n) is 17.2. The van der Waals surface area contributed by atoms with Gasteiger partial charge in [-0.1, -0.05) is 12.1 Å². The van der Waals surface area contributed by atoms with E-state index in [1.54, 1.807) is 29.2 Å². The molecule has 0 bridgehead atoms. The molecule has 2 aliphatic carbocycles. The van der Waals surface area contributed by atoms with E-state index in [2.05, 4.69) is 47.4 Å². The summed E-state index contributed by atoms with van der Waals surface area (Å²) in [6.07, 6.45) is 11.4. The maximum absolute atomic E-state index is 14.1. The maximum Gasteiger partial charge on any atom is 0.284 e. The zero-order valence-electron chi connectivity index (χ0n) is 36.1. The Kier molecular flexibility index (Phi) is 13.8. The number of aryl methyl sites for hydroxylation is 1. The molecule has 1 aliphatic heterocycles. The summed E-state index contributed by atoms with van der Waals surface area (Å²) in [6.45, 7) is 4.51. The van der Waals surface area contributed by atoms with Crippen molar-refractivity contribution in [3.05, 3.63) is 84.3 Å².